The summed E-state index contributed by atoms with van der Waals surface area (Å²) in [6.45, 7) is 1.62. The number of hydrogen-bond donors (Lipinski definition) is 1. The largest absolute Gasteiger partial charge is 0.352 e. The van der Waals surface area contributed by atoms with Crippen molar-refractivity contribution in [3.8, 4) is 11.3 Å². The van der Waals surface area contributed by atoms with Crippen LogP contribution >= 0.6 is 0 Å². The van der Waals surface area contributed by atoms with Crippen molar-refractivity contribution in [2.45, 2.75) is 25.8 Å². The first kappa shape index (κ1) is 15.6. The number of nitrogens with zero attached hydrogens (tertiary/aromatic N) is 2. The zero-order valence-corrected chi connectivity index (χ0v) is 14.1. The first-order valence-corrected chi connectivity index (χ1v) is 8.78. The van der Waals surface area contributed by atoms with Crippen molar-refractivity contribution in [1.82, 2.24) is 14.9 Å². The van der Waals surface area contributed by atoms with Gasteiger partial charge in [0.25, 0.3) is 5.91 Å². The Labute approximate surface area is 147 Å². The normalized spacial score (nSPS) is 13.4. The van der Waals surface area contributed by atoms with E-state index in [4.69, 9.17) is 0 Å². The van der Waals surface area contributed by atoms with E-state index in [1.165, 1.54) is 5.56 Å². The monoisotopic (exact) mass is 331 g/mol. The molecule has 2 aromatic heterocycles. The fraction of sp³-hybridized carbons (Fsp3) is 0.238. The summed E-state index contributed by atoms with van der Waals surface area (Å²) < 4.78 is 2.33. The summed E-state index contributed by atoms with van der Waals surface area (Å²) in [7, 11) is 0. The van der Waals surface area contributed by atoms with E-state index in [9.17, 15) is 4.79 Å². The summed E-state index contributed by atoms with van der Waals surface area (Å²) in [6.07, 6.45) is 6.57. The van der Waals surface area contributed by atoms with Gasteiger partial charge in [0.2, 0.25) is 0 Å². The minimum atomic E-state index is 0.0402. The molecule has 0 atom stereocenters. The fourth-order valence-corrected chi connectivity index (χ4v) is 3.55. The molecule has 1 aromatic carbocycles. The van der Waals surface area contributed by atoms with Crippen LogP contribution in [0.15, 0.2) is 60.9 Å². The van der Waals surface area contributed by atoms with Crippen LogP contribution in [0.5, 0.6) is 0 Å². The average Bonchev–Trinajstić information content (AvgIpc) is 3.04. The van der Waals surface area contributed by atoms with Crippen molar-refractivity contribution in [3.05, 3.63) is 77.7 Å². The third-order valence-electron chi connectivity index (χ3n) is 4.77. The highest BCUT2D eigenvalue weighted by Crippen LogP contribution is 2.28. The Bertz CT molecular complexity index is 869. The Balaban J connectivity index is 1.64. The van der Waals surface area contributed by atoms with Crippen molar-refractivity contribution in [1.29, 1.82) is 0 Å². The summed E-state index contributed by atoms with van der Waals surface area (Å²) in [5.41, 5.74) is 5.54. The van der Waals surface area contributed by atoms with Gasteiger partial charge in [0.15, 0.2) is 0 Å². The highest BCUT2D eigenvalue weighted by atomic mass is 16.1. The van der Waals surface area contributed by atoms with E-state index in [1.54, 1.807) is 12.4 Å². The molecular weight excluding hydrogens is 310 g/mol. The zero-order valence-electron chi connectivity index (χ0n) is 14.1. The maximum Gasteiger partial charge on any atom is 0.253 e. The van der Waals surface area contributed by atoms with Gasteiger partial charge in [-0.15, -0.1) is 0 Å². The number of rotatable bonds is 5. The lowest BCUT2D eigenvalue weighted by atomic mass is 10.1. The summed E-state index contributed by atoms with van der Waals surface area (Å²) in [4.78, 5) is 16.4. The van der Waals surface area contributed by atoms with Gasteiger partial charge >= 0.3 is 0 Å². The molecule has 3 heterocycles. The van der Waals surface area contributed by atoms with Crippen molar-refractivity contribution >= 4 is 5.91 Å². The van der Waals surface area contributed by atoms with E-state index >= 15 is 0 Å². The van der Waals surface area contributed by atoms with Crippen molar-refractivity contribution in [3.63, 3.8) is 0 Å². The van der Waals surface area contributed by atoms with Crippen LogP contribution in [-0.2, 0) is 19.4 Å². The van der Waals surface area contributed by atoms with Gasteiger partial charge in [-0.3, -0.25) is 9.78 Å². The maximum absolute atomic E-state index is 12.2. The minimum Gasteiger partial charge on any atom is -0.352 e. The van der Waals surface area contributed by atoms with Crippen LogP contribution in [0.25, 0.3) is 11.3 Å². The lowest BCUT2D eigenvalue weighted by molar-refractivity contribution is 0.0945. The molecule has 0 aliphatic carbocycles. The standard InChI is InChI=1S/C21H21N3O/c25-21-18-15-20(17-8-11-22-12-9-17)24(19(18)10-13-23-21)14-4-7-16-5-2-1-3-6-16/h1-3,5-6,8-9,11-12,15H,4,7,10,13-14H2,(H,23,25). The molecule has 0 fully saturated rings. The number of pyridine rings is 1. The fourth-order valence-electron chi connectivity index (χ4n) is 3.55. The zero-order chi connectivity index (χ0) is 17.1. The SMILES string of the molecule is O=C1NCCc2c1cc(-c1ccncc1)n2CCCc1ccccc1. The topological polar surface area (TPSA) is 46.9 Å². The lowest BCUT2D eigenvalue weighted by Crippen LogP contribution is -2.32. The number of carbonyl (C=O) groups excluding carboxylic acids is 1. The number of nitrogens with one attached hydrogen (secondary N) is 1. The molecule has 4 rings (SSSR count). The van der Waals surface area contributed by atoms with Crippen LogP contribution < -0.4 is 5.32 Å². The van der Waals surface area contributed by atoms with E-state index in [0.29, 0.717) is 6.54 Å². The van der Waals surface area contributed by atoms with Crippen LogP contribution in [0.1, 0.15) is 28.0 Å². The van der Waals surface area contributed by atoms with Crippen LogP contribution in [-0.4, -0.2) is 22.0 Å². The van der Waals surface area contributed by atoms with Gasteiger partial charge in [-0.1, -0.05) is 30.3 Å². The molecule has 1 aliphatic rings. The van der Waals surface area contributed by atoms with Gasteiger partial charge in [0, 0.05) is 48.9 Å². The van der Waals surface area contributed by atoms with Gasteiger partial charge in [-0.05, 0) is 36.6 Å². The Hall–Kier alpha value is -2.88. The van der Waals surface area contributed by atoms with Crippen LogP contribution in [0, 0.1) is 0 Å². The second-order valence-corrected chi connectivity index (χ2v) is 6.37. The predicted octanol–water partition coefficient (Wildman–Crippen LogP) is 3.47. The second-order valence-electron chi connectivity index (χ2n) is 6.37. The van der Waals surface area contributed by atoms with Crippen molar-refractivity contribution in [2.24, 2.45) is 0 Å². The van der Waals surface area contributed by atoms with Gasteiger partial charge in [-0.25, -0.2) is 0 Å². The predicted molar refractivity (Wildman–Crippen MR) is 98.5 cm³/mol. The number of carbonyl (C=O) groups is 1. The third-order valence-corrected chi connectivity index (χ3v) is 4.77. The smallest absolute Gasteiger partial charge is 0.253 e. The quantitative estimate of drug-likeness (QED) is 0.778. The van der Waals surface area contributed by atoms with Crippen molar-refractivity contribution < 1.29 is 4.79 Å². The highest BCUT2D eigenvalue weighted by molar-refractivity contribution is 5.98. The summed E-state index contributed by atoms with van der Waals surface area (Å²) in [5, 5.41) is 2.95. The molecule has 0 spiro atoms. The van der Waals surface area contributed by atoms with Gasteiger partial charge in [-0.2, -0.15) is 0 Å². The molecule has 25 heavy (non-hydrogen) atoms. The molecule has 0 saturated carbocycles. The number of amides is 1. The maximum atomic E-state index is 12.2. The molecule has 4 nitrogen and oxygen atoms in total. The van der Waals surface area contributed by atoms with E-state index < -0.39 is 0 Å². The molecule has 126 valence electrons. The summed E-state index contributed by atoms with van der Waals surface area (Å²) in [6, 6.07) is 16.6. The molecule has 0 unspecified atom stereocenters. The Morgan fingerprint density at radius 3 is 2.68 bits per heavy atom. The minimum absolute atomic E-state index is 0.0402. The van der Waals surface area contributed by atoms with E-state index in [-0.39, 0.29) is 5.91 Å². The summed E-state index contributed by atoms with van der Waals surface area (Å²) >= 11 is 0. The molecule has 0 bridgehead atoms. The number of aromatic nitrogens is 2. The molecule has 0 radical (unpaired) electrons. The summed E-state index contributed by atoms with van der Waals surface area (Å²) in [5.74, 6) is 0.0402. The molecule has 4 heteroatoms. The number of hydrogen-bond acceptors (Lipinski definition) is 2. The van der Waals surface area contributed by atoms with Gasteiger partial charge in [0.05, 0.1) is 5.56 Å². The molecular formula is C21H21N3O. The Kier molecular flexibility index (Phi) is 4.34. The first-order valence-electron chi connectivity index (χ1n) is 8.78. The molecule has 3 aromatic rings. The van der Waals surface area contributed by atoms with Crippen LogP contribution in [0.2, 0.25) is 0 Å². The number of aryl methyl sites for hydroxylation is 1. The van der Waals surface area contributed by atoms with Crippen molar-refractivity contribution in [2.75, 3.05) is 6.54 Å². The first-order chi connectivity index (χ1) is 12.3. The molecule has 1 amide bonds. The second kappa shape index (κ2) is 6.93. The van der Waals surface area contributed by atoms with Gasteiger partial charge in [0.1, 0.15) is 0 Å². The van der Waals surface area contributed by atoms with Gasteiger partial charge < -0.3 is 9.88 Å². The van der Waals surface area contributed by atoms with E-state index in [1.807, 2.05) is 24.3 Å². The van der Waals surface area contributed by atoms with Crippen LogP contribution in [0.3, 0.4) is 0 Å². The highest BCUT2D eigenvalue weighted by Gasteiger charge is 2.23. The lowest BCUT2D eigenvalue weighted by Gasteiger charge is -2.18. The van der Waals surface area contributed by atoms with E-state index in [2.05, 4.69) is 39.1 Å². The molecule has 1 aliphatic heterocycles. The molecule has 0 saturated heterocycles. The Morgan fingerprint density at radius 1 is 1.08 bits per heavy atom. The number of fused-ring (bicyclic) bond motifs is 1. The number of benzene rings is 1. The Morgan fingerprint density at radius 2 is 1.88 bits per heavy atom. The average molecular weight is 331 g/mol. The van der Waals surface area contributed by atoms with Crippen LogP contribution in [0.4, 0.5) is 0 Å². The van der Waals surface area contributed by atoms with E-state index in [0.717, 1.165) is 48.3 Å². The molecule has 1 N–H and O–H groups in total. The third kappa shape index (κ3) is 3.20.